The van der Waals surface area contributed by atoms with Crippen molar-refractivity contribution in [1.29, 1.82) is 0 Å². The fourth-order valence-corrected chi connectivity index (χ4v) is 1.55. The molecule has 1 aromatic carbocycles. The van der Waals surface area contributed by atoms with Crippen LogP contribution in [0.15, 0.2) is 30.6 Å². The first kappa shape index (κ1) is 12.3. The van der Waals surface area contributed by atoms with E-state index in [9.17, 15) is 4.79 Å². The summed E-state index contributed by atoms with van der Waals surface area (Å²) in [5.74, 6) is -0.447. The number of hydrogen-bond donors (Lipinski definition) is 0. The van der Waals surface area contributed by atoms with E-state index in [2.05, 4.69) is 20.3 Å². The summed E-state index contributed by atoms with van der Waals surface area (Å²) in [5.41, 5.74) is 1.42. The van der Waals surface area contributed by atoms with E-state index >= 15 is 0 Å². The third-order valence-electron chi connectivity index (χ3n) is 2.19. The van der Waals surface area contributed by atoms with Gasteiger partial charge in [0, 0.05) is 16.7 Å². The molecule has 18 heavy (non-hydrogen) atoms. The summed E-state index contributed by atoms with van der Waals surface area (Å²) < 4.78 is 6.01. The van der Waals surface area contributed by atoms with Gasteiger partial charge < -0.3 is 4.74 Å². The van der Waals surface area contributed by atoms with Crippen LogP contribution in [-0.2, 0) is 9.53 Å². The van der Waals surface area contributed by atoms with Crippen molar-refractivity contribution in [1.82, 2.24) is 20.2 Å². The zero-order chi connectivity index (χ0) is 13.0. The second-order valence-corrected chi connectivity index (χ2v) is 3.75. The molecule has 7 heteroatoms. The smallest absolute Gasteiger partial charge is 0.330 e. The highest BCUT2D eigenvalue weighted by molar-refractivity contribution is 6.30. The van der Waals surface area contributed by atoms with E-state index in [1.807, 2.05) is 0 Å². The molecule has 2 aromatic rings. The van der Waals surface area contributed by atoms with Gasteiger partial charge >= 0.3 is 5.97 Å². The van der Waals surface area contributed by atoms with Gasteiger partial charge in [-0.3, -0.25) is 0 Å². The molecule has 1 heterocycles. The van der Waals surface area contributed by atoms with Gasteiger partial charge in [0.15, 0.2) is 0 Å². The molecule has 0 fully saturated rings. The topological polar surface area (TPSA) is 69.9 Å². The summed E-state index contributed by atoms with van der Waals surface area (Å²) in [4.78, 5) is 11.1. The van der Waals surface area contributed by atoms with Gasteiger partial charge in [0.25, 0.3) is 0 Å². The number of ether oxygens (including phenoxy) is 1. The van der Waals surface area contributed by atoms with Crippen LogP contribution in [0.5, 0.6) is 0 Å². The van der Waals surface area contributed by atoms with Crippen LogP contribution in [0.3, 0.4) is 0 Å². The molecule has 6 nitrogen and oxygen atoms in total. The van der Waals surface area contributed by atoms with Gasteiger partial charge in [-0.05, 0) is 34.7 Å². The third-order valence-corrected chi connectivity index (χ3v) is 2.42. The molecule has 0 aliphatic rings. The highest BCUT2D eigenvalue weighted by Gasteiger charge is 2.05. The molecule has 0 saturated carbocycles. The number of methoxy groups -OCH3 is 1. The Morgan fingerprint density at radius 2 is 2.33 bits per heavy atom. The number of aromatic nitrogens is 4. The monoisotopic (exact) mass is 264 g/mol. The van der Waals surface area contributed by atoms with Gasteiger partial charge in [0.2, 0.25) is 0 Å². The Morgan fingerprint density at radius 1 is 1.50 bits per heavy atom. The zero-order valence-corrected chi connectivity index (χ0v) is 10.2. The number of hydrogen-bond acceptors (Lipinski definition) is 5. The standard InChI is InChI=1S/C11H9ClN4O2/c1-18-11(17)5-2-8-6-9(12)3-4-10(8)16-7-13-14-15-16/h2-7H,1H3. The van der Waals surface area contributed by atoms with Crippen LogP contribution in [0.4, 0.5) is 0 Å². The maximum atomic E-state index is 11.1. The summed E-state index contributed by atoms with van der Waals surface area (Å²) in [7, 11) is 1.31. The number of carbonyl (C=O) groups excluding carboxylic acids is 1. The average Bonchev–Trinajstić information content (AvgIpc) is 2.89. The minimum atomic E-state index is -0.447. The van der Waals surface area contributed by atoms with Crippen LogP contribution in [0.25, 0.3) is 11.8 Å². The van der Waals surface area contributed by atoms with Crippen molar-refractivity contribution in [3.05, 3.63) is 41.2 Å². The molecule has 0 N–H and O–H groups in total. The zero-order valence-electron chi connectivity index (χ0n) is 9.45. The van der Waals surface area contributed by atoms with Crippen molar-refractivity contribution in [3.63, 3.8) is 0 Å². The number of tetrazole rings is 1. The number of carbonyl (C=O) groups is 1. The van der Waals surface area contributed by atoms with E-state index in [1.165, 1.54) is 24.2 Å². The fraction of sp³-hybridized carbons (Fsp3) is 0.0909. The Labute approximate surface area is 108 Å². The van der Waals surface area contributed by atoms with E-state index in [-0.39, 0.29) is 0 Å². The van der Waals surface area contributed by atoms with Crippen LogP contribution in [0.1, 0.15) is 5.56 Å². The number of benzene rings is 1. The van der Waals surface area contributed by atoms with Crippen LogP contribution in [-0.4, -0.2) is 33.3 Å². The van der Waals surface area contributed by atoms with E-state index in [0.29, 0.717) is 16.3 Å². The summed E-state index contributed by atoms with van der Waals surface area (Å²) in [6.45, 7) is 0. The van der Waals surface area contributed by atoms with E-state index < -0.39 is 5.97 Å². The molecule has 0 aliphatic carbocycles. The lowest BCUT2D eigenvalue weighted by Crippen LogP contribution is -1.99. The van der Waals surface area contributed by atoms with Crippen molar-refractivity contribution in [2.75, 3.05) is 7.11 Å². The first-order valence-corrected chi connectivity index (χ1v) is 5.37. The van der Waals surface area contributed by atoms with E-state index in [1.54, 1.807) is 24.3 Å². The molecule has 0 unspecified atom stereocenters. The number of rotatable bonds is 3. The molecule has 0 spiro atoms. The van der Waals surface area contributed by atoms with Crippen LogP contribution in [0, 0.1) is 0 Å². The molecule has 2 rings (SSSR count). The SMILES string of the molecule is COC(=O)C=Cc1cc(Cl)ccc1-n1cnnn1. The molecule has 0 aliphatic heterocycles. The largest absolute Gasteiger partial charge is 0.466 e. The summed E-state index contributed by atoms with van der Waals surface area (Å²) in [6, 6.07) is 5.18. The Hall–Kier alpha value is -2.21. The maximum Gasteiger partial charge on any atom is 0.330 e. The van der Waals surface area contributed by atoms with Crippen molar-refractivity contribution < 1.29 is 9.53 Å². The highest BCUT2D eigenvalue weighted by atomic mass is 35.5. The lowest BCUT2D eigenvalue weighted by molar-refractivity contribution is -0.134. The van der Waals surface area contributed by atoms with Gasteiger partial charge in [-0.25, -0.2) is 4.79 Å². The third kappa shape index (κ3) is 2.72. The molecule has 0 atom stereocenters. The average molecular weight is 265 g/mol. The Balaban J connectivity index is 2.42. The second-order valence-electron chi connectivity index (χ2n) is 3.31. The lowest BCUT2D eigenvalue weighted by atomic mass is 10.1. The van der Waals surface area contributed by atoms with Gasteiger partial charge in [-0.15, -0.1) is 5.10 Å². The van der Waals surface area contributed by atoms with Crippen molar-refractivity contribution in [3.8, 4) is 5.69 Å². The van der Waals surface area contributed by atoms with Crippen molar-refractivity contribution in [2.24, 2.45) is 0 Å². The minimum Gasteiger partial charge on any atom is -0.466 e. The fourth-order valence-electron chi connectivity index (χ4n) is 1.37. The van der Waals surface area contributed by atoms with E-state index in [0.717, 1.165) is 0 Å². The van der Waals surface area contributed by atoms with Crippen LogP contribution >= 0.6 is 11.6 Å². The molecule has 0 saturated heterocycles. The molecule has 92 valence electrons. The Bertz CT molecular complexity index is 581. The Kier molecular flexibility index (Phi) is 3.69. The molecular formula is C11H9ClN4O2. The summed E-state index contributed by atoms with van der Waals surface area (Å²) in [5, 5.41) is 11.5. The van der Waals surface area contributed by atoms with E-state index in [4.69, 9.17) is 11.6 Å². The van der Waals surface area contributed by atoms with Crippen LogP contribution < -0.4 is 0 Å². The van der Waals surface area contributed by atoms with Gasteiger partial charge in [-0.1, -0.05) is 11.6 Å². The van der Waals surface area contributed by atoms with Crippen molar-refractivity contribution in [2.45, 2.75) is 0 Å². The first-order valence-electron chi connectivity index (χ1n) is 4.99. The first-order chi connectivity index (χ1) is 8.70. The van der Waals surface area contributed by atoms with Crippen LogP contribution in [0.2, 0.25) is 5.02 Å². The molecule has 0 radical (unpaired) electrons. The second kappa shape index (κ2) is 5.42. The predicted molar refractivity (Wildman–Crippen MR) is 65.2 cm³/mol. The molecule has 1 aromatic heterocycles. The molecule has 0 bridgehead atoms. The Morgan fingerprint density at radius 3 is 3.00 bits per heavy atom. The van der Waals surface area contributed by atoms with Crippen molar-refractivity contribution >= 4 is 23.6 Å². The maximum absolute atomic E-state index is 11.1. The van der Waals surface area contributed by atoms with Gasteiger partial charge in [0.05, 0.1) is 12.8 Å². The van der Waals surface area contributed by atoms with Gasteiger partial charge in [0.1, 0.15) is 6.33 Å². The number of esters is 1. The number of nitrogens with zero attached hydrogens (tertiary/aromatic N) is 4. The van der Waals surface area contributed by atoms with Gasteiger partial charge in [-0.2, -0.15) is 4.68 Å². The quantitative estimate of drug-likeness (QED) is 0.621. The number of halogens is 1. The highest BCUT2D eigenvalue weighted by Crippen LogP contribution is 2.20. The summed E-state index contributed by atoms with van der Waals surface area (Å²) >= 11 is 5.92. The summed E-state index contributed by atoms with van der Waals surface area (Å²) in [6.07, 6.45) is 4.35. The molecular weight excluding hydrogens is 256 g/mol. The lowest BCUT2D eigenvalue weighted by Gasteiger charge is -2.04. The molecule has 0 amide bonds. The normalized spacial score (nSPS) is 10.8. The minimum absolute atomic E-state index is 0.447. The predicted octanol–water partition coefficient (Wildman–Crippen LogP) is 1.50.